The minimum atomic E-state index is -4.31. The summed E-state index contributed by atoms with van der Waals surface area (Å²) in [6.07, 6.45) is -1.12. The van der Waals surface area contributed by atoms with Gasteiger partial charge in [-0.15, -0.1) is 0 Å². The SMILES string of the molecule is FC(F)(F)c1ccc([C@@H]2CN(Cc3cnc[nH]3)CCO2)cc1. The van der Waals surface area contributed by atoms with Crippen molar-refractivity contribution in [2.75, 3.05) is 19.7 Å². The van der Waals surface area contributed by atoms with Crippen molar-refractivity contribution in [1.82, 2.24) is 14.9 Å². The van der Waals surface area contributed by atoms with Crippen LogP contribution in [-0.2, 0) is 17.5 Å². The standard InChI is InChI=1S/C15H16F3N3O/c16-15(17,18)12-3-1-11(2-4-12)14-9-21(5-6-22-14)8-13-7-19-10-20-13/h1-4,7,10,14H,5-6,8-9H2,(H,19,20)/t14-/m0/s1. The predicted molar refractivity (Wildman–Crippen MR) is 74.0 cm³/mol. The molecule has 1 aliphatic rings. The van der Waals surface area contributed by atoms with Crippen molar-refractivity contribution >= 4 is 0 Å². The highest BCUT2D eigenvalue weighted by Crippen LogP contribution is 2.31. The zero-order valence-electron chi connectivity index (χ0n) is 11.8. The second-order valence-electron chi connectivity index (χ2n) is 5.29. The summed E-state index contributed by atoms with van der Waals surface area (Å²) < 4.78 is 43.5. The Morgan fingerprint density at radius 1 is 1.27 bits per heavy atom. The molecule has 1 aliphatic heterocycles. The number of H-pyrrole nitrogens is 1. The molecule has 2 aromatic rings. The van der Waals surface area contributed by atoms with Crippen LogP contribution in [0.5, 0.6) is 0 Å². The summed E-state index contributed by atoms with van der Waals surface area (Å²) in [6.45, 7) is 2.71. The van der Waals surface area contributed by atoms with E-state index in [1.165, 1.54) is 12.1 Å². The summed E-state index contributed by atoms with van der Waals surface area (Å²) in [5, 5.41) is 0. The molecular weight excluding hydrogens is 295 g/mol. The third-order valence-electron chi connectivity index (χ3n) is 3.71. The molecule has 0 bridgehead atoms. The second kappa shape index (κ2) is 6.10. The molecule has 1 aromatic heterocycles. The number of benzene rings is 1. The fraction of sp³-hybridized carbons (Fsp3) is 0.400. The van der Waals surface area contributed by atoms with E-state index >= 15 is 0 Å². The molecule has 0 amide bonds. The Morgan fingerprint density at radius 3 is 2.68 bits per heavy atom. The molecule has 118 valence electrons. The zero-order valence-corrected chi connectivity index (χ0v) is 11.8. The maximum atomic E-state index is 12.6. The molecule has 1 aromatic carbocycles. The molecule has 2 heterocycles. The lowest BCUT2D eigenvalue weighted by Gasteiger charge is -2.32. The number of nitrogens with zero attached hydrogens (tertiary/aromatic N) is 2. The molecule has 22 heavy (non-hydrogen) atoms. The highest BCUT2D eigenvalue weighted by atomic mass is 19.4. The Morgan fingerprint density at radius 2 is 2.05 bits per heavy atom. The monoisotopic (exact) mass is 311 g/mol. The van der Waals surface area contributed by atoms with Crippen molar-refractivity contribution in [3.63, 3.8) is 0 Å². The fourth-order valence-corrected chi connectivity index (χ4v) is 2.55. The van der Waals surface area contributed by atoms with Gasteiger partial charge in [0.1, 0.15) is 0 Å². The quantitative estimate of drug-likeness (QED) is 0.947. The van der Waals surface area contributed by atoms with E-state index in [0.717, 1.165) is 36.5 Å². The molecule has 7 heteroatoms. The van der Waals surface area contributed by atoms with Crippen molar-refractivity contribution in [2.24, 2.45) is 0 Å². The Bertz CT molecular complexity index is 595. The number of hydrogen-bond donors (Lipinski definition) is 1. The third-order valence-corrected chi connectivity index (χ3v) is 3.71. The summed E-state index contributed by atoms with van der Waals surface area (Å²) >= 11 is 0. The number of rotatable bonds is 3. The van der Waals surface area contributed by atoms with Crippen LogP contribution in [0.15, 0.2) is 36.8 Å². The Kier molecular flexibility index (Phi) is 4.17. The molecular formula is C15H16F3N3O. The van der Waals surface area contributed by atoms with Gasteiger partial charge < -0.3 is 9.72 Å². The Balaban J connectivity index is 1.66. The molecule has 1 atom stereocenters. The lowest BCUT2D eigenvalue weighted by atomic mass is 10.1. The maximum Gasteiger partial charge on any atom is 0.416 e. The van der Waals surface area contributed by atoms with E-state index in [2.05, 4.69) is 14.9 Å². The summed E-state index contributed by atoms with van der Waals surface area (Å²) in [5.74, 6) is 0. The van der Waals surface area contributed by atoms with Crippen LogP contribution in [0.3, 0.4) is 0 Å². The van der Waals surface area contributed by atoms with Gasteiger partial charge in [-0.05, 0) is 17.7 Å². The van der Waals surface area contributed by atoms with Crippen molar-refractivity contribution < 1.29 is 17.9 Å². The van der Waals surface area contributed by atoms with E-state index in [4.69, 9.17) is 4.74 Å². The van der Waals surface area contributed by atoms with Crippen LogP contribution in [-0.4, -0.2) is 34.6 Å². The molecule has 3 rings (SSSR count). The van der Waals surface area contributed by atoms with E-state index in [-0.39, 0.29) is 6.10 Å². The summed E-state index contributed by atoms with van der Waals surface area (Å²) in [5.41, 5.74) is 1.14. The van der Waals surface area contributed by atoms with Gasteiger partial charge in [0.05, 0.1) is 24.6 Å². The van der Waals surface area contributed by atoms with Crippen LogP contribution in [0, 0.1) is 0 Å². The zero-order chi connectivity index (χ0) is 15.6. The molecule has 0 radical (unpaired) electrons. The van der Waals surface area contributed by atoms with Gasteiger partial charge in [0, 0.05) is 31.5 Å². The first-order valence-electron chi connectivity index (χ1n) is 7.01. The average molecular weight is 311 g/mol. The molecule has 0 aliphatic carbocycles. The highest BCUT2D eigenvalue weighted by Gasteiger charge is 2.30. The second-order valence-corrected chi connectivity index (χ2v) is 5.29. The van der Waals surface area contributed by atoms with E-state index in [9.17, 15) is 13.2 Å². The van der Waals surface area contributed by atoms with Crippen molar-refractivity contribution in [3.05, 3.63) is 53.6 Å². The molecule has 0 saturated carbocycles. The molecule has 4 nitrogen and oxygen atoms in total. The minimum absolute atomic E-state index is 0.209. The van der Waals surface area contributed by atoms with Gasteiger partial charge in [-0.1, -0.05) is 12.1 Å². The number of morpholine rings is 1. The number of aromatic nitrogens is 2. The third kappa shape index (κ3) is 3.48. The largest absolute Gasteiger partial charge is 0.416 e. The maximum absolute atomic E-state index is 12.6. The van der Waals surface area contributed by atoms with Gasteiger partial charge in [-0.25, -0.2) is 4.98 Å². The van der Waals surface area contributed by atoms with E-state index in [1.807, 2.05) is 0 Å². The molecule has 0 unspecified atom stereocenters. The first-order valence-corrected chi connectivity index (χ1v) is 7.01. The van der Waals surface area contributed by atoms with Crippen molar-refractivity contribution in [3.8, 4) is 0 Å². The number of ether oxygens (including phenoxy) is 1. The first-order chi connectivity index (χ1) is 10.5. The lowest BCUT2D eigenvalue weighted by Crippen LogP contribution is -2.37. The Hall–Kier alpha value is -1.86. The van der Waals surface area contributed by atoms with E-state index < -0.39 is 11.7 Å². The summed E-state index contributed by atoms with van der Waals surface area (Å²) in [6, 6.07) is 5.19. The lowest BCUT2D eigenvalue weighted by molar-refractivity contribution is -0.137. The van der Waals surface area contributed by atoms with Gasteiger partial charge in [0.25, 0.3) is 0 Å². The topological polar surface area (TPSA) is 41.2 Å². The van der Waals surface area contributed by atoms with Crippen LogP contribution >= 0.6 is 0 Å². The van der Waals surface area contributed by atoms with Gasteiger partial charge in [0.15, 0.2) is 0 Å². The van der Waals surface area contributed by atoms with Crippen LogP contribution < -0.4 is 0 Å². The van der Waals surface area contributed by atoms with Crippen molar-refractivity contribution in [2.45, 2.75) is 18.8 Å². The molecule has 1 N–H and O–H groups in total. The van der Waals surface area contributed by atoms with Gasteiger partial charge in [-0.3, -0.25) is 4.90 Å². The molecule has 0 spiro atoms. The minimum Gasteiger partial charge on any atom is -0.371 e. The van der Waals surface area contributed by atoms with Crippen LogP contribution in [0.4, 0.5) is 13.2 Å². The fourth-order valence-electron chi connectivity index (χ4n) is 2.55. The highest BCUT2D eigenvalue weighted by molar-refractivity contribution is 5.26. The van der Waals surface area contributed by atoms with Gasteiger partial charge in [-0.2, -0.15) is 13.2 Å². The van der Waals surface area contributed by atoms with E-state index in [0.29, 0.717) is 13.2 Å². The van der Waals surface area contributed by atoms with E-state index in [1.54, 1.807) is 12.5 Å². The average Bonchev–Trinajstić information content (AvgIpc) is 3.00. The smallest absolute Gasteiger partial charge is 0.371 e. The summed E-state index contributed by atoms with van der Waals surface area (Å²) in [7, 11) is 0. The summed E-state index contributed by atoms with van der Waals surface area (Å²) in [4.78, 5) is 9.22. The predicted octanol–water partition coefficient (Wildman–Crippen LogP) is 3.00. The number of aromatic amines is 1. The van der Waals surface area contributed by atoms with Gasteiger partial charge >= 0.3 is 6.18 Å². The number of halogens is 3. The number of alkyl halides is 3. The molecule has 1 saturated heterocycles. The van der Waals surface area contributed by atoms with Gasteiger partial charge in [0.2, 0.25) is 0 Å². The first kappa shape index (κ1) is 15.1. The van der Waals surface area contributed by atoms with Crippen LogP contribution in [0.1, 0.15) is 22.9 Å². The van der Waals surface area contributed by atoms with Crippen LogP contribution in [0.25, 0.3) is 0 Å². The van der Waals surface area contributed by atoms with Crippen molar-refractivity contribution in [1.29, 1.82) is 0 Å². The number of imidazole rings is 1. The van der Waals surface area contributed by atoms with Crippen LogP contribution in [0.2, 0.25) is 0 Å². The molecule has 1 fully saturated rings. The Labute approximate surface area is 125 Å². The normalized spacial score (nSPS) is 20.2. The number of hydrogen-bond acceptors (Lipinski definition) is 3. The number of nitrogens with one attached hydrogen (secondary N) is 1.